The van der Waals surface area contributed by atoms with Crippen LogP contribution in [0.25, 0.3) is 0 Å². The highest BCUT2D eigenvalue weighted by Crippen LogP contribution is 2.26. The zero-order valence-corrected chi connectivity index (χ0v) is 14.3. The fourth-order valence-corrected chi connectivity index (χ4v) is 3.20. The lowest BCUT2D eigenvalue weighted by Crippen LogP contribution is -2.42. The number of likely N-dealkylation sites (tertiary alicyclic amines) is 1. The van der Waals surface area contributed by atoms with Crippen LogP contribution in [-0.4, -0.2) is 35.8 Å². The van der Waals surface area contributed by atoms with Gasteiger partial charge in [-0.25, -0.2) is 0 Å². The molecule has 1 aromatic carbocycles. The number of hydrogen-bond acceptors (Lipinski definition) is 2. The molecule has 2 amide bonds. The smallest absolute Gasteiger partial charge is 0.253 e. The molecule has 0 aliphatic carbocycles. The molecule has 22 heavy (non-hydrogen) atoms. The second kappa shape index (κ2) is 6.69. The average Bonchev–Trinajstić information content (AvgIpc) is 2.86. The largest absolute Gasteiger partial charge is 0.347 e. The number of hydrogen-bond donors (Lipinski definition) is 1. The first kappa shape index (κ1) is 16.8. The van der Waals surface area contributed by atoms with Crippen molar-refractivity contribution in [3.63, 3.8) is 0 Å². The fraction of sp³-hybridized carbons (Fsp3) is 0.529. The van der Waals surface area contributed by atoms with Crippen LogP contribution in [0.4, 0.5) is 0 Å². The van der Waals surface area contributed by atoms with E-state index in [1.54, 1.807) is 17.9 Å². The minimum atomic E-state index is -0.172. The van der Waals surface area contributed by atoms with E-state index < -0.39 is 0 Å². The summed E-state index contributed by atoms with van der Waals surface area (Å²) >= 11 is 6.23. The molecule has 1 aromatic rings. The van der Waals surface area contributed by atoms with Crippen LogP contribution in [0.5, 0.6) is 0 Å². The molecule has 1 aliphatic heterocycles. The van der Waals surface area contributed by atoms with E-state index in [4.69, 9.17) is 11.6 Å². The number of nitrogens with one attached hydrogen (secondary N) is 1. The summed E-state index contributed by atoms with van der Waals surface area (Å²) in [6, 6.07) is 5.40. The second-order valence-electron chi connectivity index (χ2n) is 6.35. The topological polar surface area (TPSA) is 49.4 Å². The van der Waals surface area contributed by atoms with E-state index in [2.05, 4.69) is 19.2 Å². The molecule has 1 fully saturated rings. The Hall–Kier alpha value is -1.55. The number of carbonyl (C=O) groups is 2. The Morgan fingerprint density at radius 2 is 2.00 bits per heavy atom. The van der Waals surface area contributed by atoms with Crippen molar-refractivity contribution < 1.29 is 9.59 Å². The van der Waals surface area contributed by atoms with E-state index in [9.17, 15) is 9.59 Å². The standard InChI is InChI=1S/C17H23ClN2O2/c1-10(2)14-8-20(12(4)21)9-15(14)19-17(22)13-7-5-6-11(3)16(13)18/h5-7,10,14-15H,8-9H2,1-4H3,(H,19,22)/t14-,15+/m1/s1. The van der Waals surface area contributed by atoms with Gasteiger partial charge in [-0.2, -0.15) is 0 Å². The van der Waals surface area contributed by atoms with Crippen LogP contribution in [-0.2, 0) is 4.79 Å². The number of halogens is 1. The number of amides is 2. The van der Waals surface area contributed by atoms with Gasteiger partial charge in [0.25, 0.3) is 5.91 Å². The van der Waals surface area contributed by atoms with Crippen LogP contribution in [0.1, 0.15) is 36.7 Å². The van der Waals surface area contributed by atoms with Gasteiger partial charge in [0.15, 0.2) is 0 Å². The molecule has 0 radical (unpaired) electrons. The molecule has 0 spiro atoms. The predicted molar refractivity (Wildman–Crippen MR) is 88.0 cm³/mol. The van der Waals surface area contributed by atoms with Crippen molar-refractivity contribution in [3.8, 4) is 0 Å². The maximum atomic E-state index is 12.5. The lowest BCUT2D eigenvalue weighted by molar-refractivity contribution is -0.128. The Labute approximate surface area is 136 Å². The van der Waals surface area contributed by atoms with Crippen molar-refractivity contribution in [2.45, 2.75) is 33.7 Å². The Bertz CT molecular complexity index is 586. The first-order chi connectivity index (χ1) is 10.3. The van der Waals surface area contributed by atoms with Crippen molar-refractivity contribution >= 4 is 23.4 Å². The molecule has 2 rings (SSSR count). The third kappa shape index (κ3) is 3.43. The van der Waals surface area contributed by atoms with E-state index >= 15 is 0 Å². The normalized spacial score (nSPS) is 21.3. The van der Waals surface area contributed by atoms with Crippen LogP contribution in [0.3, 0.4) is 0 Å². The van der Waals surface area contributed by atoms with Gasteiger partial charge in [0.05, 0.1) is 16.6 Å². The molecule has 5 heteroatoms. The van der Waals surface area contributed by atoms with Crippen LogP contribution in [0.2, 0.25) is 5.02 Å². The molecule has 1 N–H and O–H groups in total. The maximum absolute atomic E-state index is 12.5. The van der Waals surface area contributed by atoms with Gasteiger partial charge in [0.1, 0.15) is 0 Å². The first-order valence-corrected chi connectivity index (χ1v) is 8.00. The Balaban J connectivity index is 2.16. The summed E-state index contributed by atoms with van der Waals surface area (Å²) in [5.74, 6) is 0.532. The monoisotopic (exact) mass is 322 g/mol. The summed E-state index contributed by atoms with van der Waals surface area (Å²) in [6.45, 7) is 8.94. The molecule has 120 valence electrons. The molecule has 1 saturated heterocycles. The molecule has 0 saturated carbocycles. The number of nitrogens with zero attached hydrogens (tertiary/aromatic N) is 1. The van der Waals surface area contributed by atoms with Gasteiger partial charge in [0.2, 0.25) is 5.91 Å². The zero-order valence-electron chi connectivity index (χ0n) is 13.5. The highest BCUT2D eigenvalue weighted by molar-refractivity contribution is 6.34. The summed E-state index contributed by atoms with van der Waals surface area (Å²) in [5.41, 5.74) is 1.37. The summed E-state index contributed by atoms with van der Waals surface area (Å²) < 4.78 is 0. The van der Waals surface area contributed by atoms with E-state index in [-0.39, 0.29) is 23.8 Å². The van der Waals surface area contributed by atoms with Gasteiger partial charge in [-0.05, 0) is 24.5 Å². The lowest BCUT2D eigenvalue weighted by Gasteiger charge is -2.23. The molecule has 0 aromatic heterocycles. The highest BCUT2D eigenvalue weighted by Gasteiger charge is 2.36. The zero-order chi connectivity index (χ0) is 16.4. The third-order valence-electron chi connectivity index (χ3n) is 4.42. The summed E-state index contributed by atoms with van der Waals surface area (Å²) in [7, 11) is 0. The van der Waals surface area contributed by atoms with E-state index in [1.807, 2.05) is 19.1 Å². The fourth-order valence-electron chi connectivity index (χ4n) is 2.98. The van der Waals surface area contributed by atoms with Crippen LogP contribution in [0.15, 0.2) is 18.2 Å². The van der Waals surface area contributed by atoms with Crippen molar-refractivity contribution in [2.75, 3.05) is 13.1 Å². The Morgan fingerprint density at radius 1 is 1.32 bits per heavy atom. The molecule has 4 nitrogen and oxygen atoms in total. The summed E-state index contributed by atoms with van der Waals surface area (Å²) in [4.78, 5) is 25.9. The van der Waals surface area contributed by atoms with Gasteiger partial charge < -0.3 is 10.2 Å². The van der Waals surface area contributed by atoms with Gasteiger partial charge >= 0.3 is 0 Å². The Kier molecular flexibility index (Phi) is 5.12. The minimum absolute atomic E-state index is 0.0343. The molecule has 1 aliphatic rings. The average molecular weight is 323 g/mol. The first-order valence-electron chi connectivity index (χ1n) is 7.62. The highest BCUT2D eigenvalue weighted by atomic mass is 35.5. The minimum Gasteiger partial charge on any atom is -0.347 e. The molecule has 0 unspecified atom stereocenters. The van der Waals surface area contributed by atoms with Gasteiger partial charge in [-0.15, -0.1) is 0 Å². The quantitative estimate of drug-likeness (QED) is 0.930. The SMILES string of the molecule is CC(=O)N1C[C@H](NC(=O)c2cccc(C)c2Cl)[C@@H](C(C)C)C1. The van der Waals surface area contributed by atoms with Gasteiger partial charge in [-0.3, -0.25) is 9.59 Å². The molecule has 1 heterocycles. The summed E-state index contributed by atoms with van der Waals surface area (Å²) in [6.07, 6.45) is 0. The van der Waals surface area contributed by atoms with Crippen LogP contribution >= 0.6 is 11.6 Å². The van der Waals surface area contributed by atoms with Gasteiger partial charge in [-0.1, -0.05) is 37.6 Å². The van der Waals surface area contributed by atoms with E-state index in [0.29, 0.717) is 29.6 Å². The maximum Gasteiger partial charge on any atom is 0.253 e. The molecule has 0 bridgehead atoms. The molecular formula is C17H23ClN2O2. The second-order valence-corrected chi connectivity index (χ2v) is 6.73. The van der Waals surface area contributed by atoms with Gasteiger partial charge in [0, 0.05) is 25.9 Å². The molecule has 2 atom stereocenters. The summed E-state index contributed by atoms with van der Waals surface area (Å²) in [5, 5.41) is 3.55. The van der Waals surface area contributed by atoms with Crippen LogP contribution in [0, 0.1) is 18.8 Å². The number of rotatable bonds is 3. The predicted octanol–water partition coefficient (Wildman–Crippen LogP) is 2.88. The van der Waals surface area contributed by atoms with Crippen LogP contribution < -0.4 is 5.32 Å². The number of carbonyl (C=O) groups excluding carboxylic acids is 2. The van der Waals surface area contributed by atoms with Crippen molar-refractivity contribution in [3.05, 3.63) is 34.3 Å². The van der Waals surface area contributed by atoms with Crippen molar-refractivity contribution in [2.24, 2.45) is 11.8 Å². The number of aryl methyl sites for hydroxylation is 1. The van der Waals surface area contributed by atoms with Crippen molar-refractivity contribution in [1.82, 2.24) is 10.2 Å². The Morgan fingerprint density at radius 3 is 2.59 bits per heavy atom. The third-order valence-corrected chi connectivity index (χ3v) is 4.92. The van der Waals surface area contributed by atoms with E-state index in [0.717, 1.165) is 5.56 Å². The van der Waals surface area contributed by atoms with E-state index in [1.165, 1.54) is 0 Å². The lowest BCUT2D eigenvalue weighted by atomic mass is 9.91. The number of benzene rings is 1. The van der Waals surface area contributed by atoms with Crippen molar-refractivity contribution in [1.29, 1.82) is 0 Å². The molecular weight excluding hydrogens is 300 g/mol.